The second kappa shape index (κ2) is 11.5. The highest BCUT2D eigenvalue weighted by Gasteiger charge is 2.17. The molecule has 0 unspecified atom stereocenters. The van der Waals surface area contributed by atoms with Gasteiger partial charge in [0.2, 0.25) is 0 Å². The third-order valence-corrected chi connectivity index (χ3v) is 6.87. The molecule has 0 fully saturated rings. The van der Waals surface area contributed by atoms with Crippen LogP contribution in [0.15, 0.2) is 62.6 Å². The summed E-state index contributed by atoms with van der Waals surface area (Å²) >= 11 is 5.48. The maximum Gasteiger partial charge on any atom is 0.439 e. The van der Waals surface area contributed by atoms with Crippen molar-refractivity contribution in [3.05, 3.63) is 92.1 Å². The molecule has 0 radical (unpaired) electrons. The normalized spacial score (nSPS) is 11.0. The number of unbranched alkanes of at least 4 members (excludes halogenated alkanes) is 1. The smallest absolute Gasteiger partial charge is 0.372 e. The topological polar surface area (TPSA) is 97.0 Å². The zero-order valence-corrected chi connectivity index (χ0v) is 22.4. The summed E-state index contributed by atoms with van der Waals surface area (Å²) in [4.78, 5) is 35.1. The Balaban J connectivity index is 1.68. The first-order valence-electron chi connectivity index (χ1n) is 12.3. The molecule has 8 nitrogen and oxygen atoms in total. The predicted molar refractivity (Wildman–Crippen MR) is 149 cm³/mol. The van der Waals surface area contributed by atoms with E-state index in [4.69, 9.17) is 21.7 Å². The summed E-state index contributed by atoms with van der Waals surface area (Å²) in [5.74, 6) is 0.584. The number of thiocarbonyl (C=S) groups is 1. The minimum Gasteiger partial charge on any atom is -0.372 e. The number of aryl methyl sites for hydroxylation is 2. The van der Waals surface area contributed by atoms with E-state index in [2.05, 4.69) is 17.1 Å². The fraction of sp³-hybridized carbons (Fsp3) is 0.321. The number of rotatable bonds is 9. The van der Waals surface area contributed by atoms with Crippen LogP contribution >= 0.6 is 12.2 Å². The van der Waals surface area contributed by atoms with Gasteiger partial charge in [0, 0.05) is 43.8 Å². The Morgan fingerprint density at radius 2 is 1.78 bits per heavy atom. The molecule has 0 bridgehead atoms. The van der Waals surface area contributed by atoms with Gasteiger partial charge in [0.1, 0.15) is 5.82 Å². The average Bonchev–Trinajstić information content (AvgIpc) is 3.33. The van der Waals surface area contributed by atoms with Crippen molar-refractivity contribution >= 4 is 17.2 Å². The number of likely N-dealkylation sites (N-methyl/N-ethyl adjacent to an activating group) is 1. The lowest BCUT2D eigenvalue weighted by Crippen LogP contribution is -2.33. The second-order valence-electron chi connectivity index (χ2n) is 9.24. The fourth-order valence-electron chi connectivity index (χ4n) is 4.22. The lowest BCUT2D eigenvalue weighted by atomic mass is 9.98. The third-order valence-electron chi connectivity index (χ3n) is 6.36. The standard InChI is InChI=1S/C28H31N5O3S/c1-5-6-11-24-29-18(2)23(16-25(37)32(3)4)27(34)33(24)17-19-12-14-20(15-13-19)21-9-7-8-10-22(21)26-30-28(35)36-31-26/h7-10,12-15H,5-6,11,16-17H2,1-4H3,(H,30,31,35). The van der Waals surface area contributed by atoms with E-state index in [9.17, 15) is 9.59 Å². The van der Waals surface area contributed by atoms with Crippen LogP contribution in [-0.4, -0.2) is 43.7 Å². The molecule has 0 aliphatic heterocycles. The number of H-pyrrole nitrogens is 1. The van der Waals surface area contributed by atoms with Gasteiger partial charge < -0.3 is 4.90 Å². The first-order valence-corrected chi connectivity index (χ1v) is 12.7. The molecule has 0 amide bonds. The number of hydrogen-bond donors (Lipinski definition) is 1. The van der Waals surface area contributed by atoms with E-state index in [0.717, 1.165) is 53.0 Å². The highest BCUT2D eigenvalue weighted by molar-refractivity contribution is 7.80. The van der Waals surface area contributed by atoms with Gasteiger partial charge >= 0.3 is 5.76 Å². The van der Waals surface area contributed by atoms with Gasteiger partial charge in [-0.3, -0.25) is 18.9 Å². The molecular weight excluding hydrogens is 486 g/mol. The molecule has 0 saturated carbocycles. The summed E-state index contributed by atoms with van der Waals surface area (Å²) in [5.41, 5.74) is 4.98. The molecule has 2 aromatic heterocycles. The van der Waals surface area contributed by atoms with E-state index < -0.39 is 5.76 Å². The molecule has 2 heterocycles. The number of nitrogens with one attached hydrogen (secondary N) is 1. The molecule has 0 aliphatic carbocycles. The summed E-state index contributed by atoms with van der Waals surface area (Å²) < 4.78 is 6.48. The van der Waals surface area contributed by atoms with Crippen LogP contribution < -0.4 is 11.3 Å². The third kappa shape index (κ3) is 5.94. The van der Waals surface area contributed by atoms with E-state index in [1.165, 1.54) is 0 Å². The Morgan fingerprint density at radius 1 is 1.08 bits per heavy atom. The van der Waals surface area contributed by atoms with Crippen molar-refractivity contribution in [2.45, 2.75) is 46.1 Å². The van der Waals surface area contributed by atoms with Crippen LogP contribution in [0.25, 0.3) is 22.5 Å². The van der Waals surface area contributed by atoms with Crippen molar-refractivity contribution in [3.8, 4) is 22.5 Å². The van der Waals surface area contributed by atoms with Crippen LogP contribution in [0.2, 0.25) is 0 Å². The van der Waals surface area contributed by atoms with Gasteiger partial charge in [-0.1, -0.05) is 79.3 Å². The summed E-state index contributed by atoms with van der Waals surface area (Å²) in [6.07, 6.45) is 3.12. The van der Waals surface area contributed by atoms with Crippen LogP contribution in [0.4, 0.5) is 0 Å². The van der Waals surface area contributed by atoms with Crippen molar-refractivity contribution in [2.24, 2.45) is 0 Å². The van der Waals surface area contributed by atoms with Crippen LogP contribution in [0.1, 0.15) is 42.4 Å². The maximum absolute atomic E-state index is 13.6. The quantitative estimate of drug-likeness (QED) is 0.329. The Labute approximate surface area is 221 Å². The Bertz CT molecular complexity index is 1520. The van der Waals surface area contributed by atoms with E-state index >= 15 is 0 Å². The van der Waals surface area contributed by atoms with Crippen molar-refractivity contribution < 1.29 is 4.52 Å². The highest BCUT2D eigenvalue weighted by atomic mass is 32.1. The maximum atomic E-state index is 13.6. The monoisotopic (exact) mass is 517 g/mol. The summed E-state index contributed by atoms with van der Waals surface area (Å²) in [6.45, 7) is 4.44. The molecule has 37 heavy (non-hydrogen) atoms. The minimum absolute atomic E-state index is 0.0350. The van der Waals surface area contributed by atoms with Crippen LogP contribution in [0, 0.1) is 6.92 Å². The zero-order valence-electron chi connectivity index (χ0n) is 21.6. The van der Waals surface area contributed by atoms with Gasteiger partial charge in [-0.2, -0.15) is 0 Å². The number of nitrogens with zero attached hydrogens (tertiary/aromatic N) is 4. The molecular formula is C28H31N5O3S. The minimum atomic E-state index is -0.595. The van der Waals surface area contributed by atoms with Gasteiger partial charge in [0.25, 0.3) is 5.56 Å². The molecule has 0 atom stereocenters. The SMILES string of the molecule is CCCCc1nc(C)c(CC(=S)N(C)C)c(=O)n1Cc1ccc(-c2ccccc2-c2noc(=O)[nH]2)cc1. The highest BCUT2D eigenvalue weighted by Crippen LogP contribution is 2.30. The van der Waals surface area contributed by atoms with Gasteiger partial charge in [-0.05, 0) is 30.0 Å². The van der Waals surface area contributed by atoms with E-state index in [1.54, 1.807) is 4.57 Å². The van der Waals surface area contributed by atoms with E-state index in [1.807, 2.05) is 74.4 Å². The number of aromatic amines is 1. The average molecular weight is 518 g/mol. The molecule has 9 heteroatoms. The molecule has 192 valence electrons. The molecule has 1 N–H and O–H groups in total. The summed E-state index contributed by atoms with van der Waals surface area (Å²) in [7, 11) is 3.78. The van der Waals surface area contributed by atoms with Crippen molar-refractivity contribution in [3.63, 3.8) is 0 Å². The number of hydrogen-bond acceptors (Lipinski definition) is 6. The van der Waals surface area contributed by atoms with Crippen LogP contribution in [0.3, 0.4) is 0 Å². The van der Waals surface area contributed by atoms with Crippen LogP contribution in [-0.2, 0) is 19.4 Å². The van der Waals surface area contributed by atoms with Gasteiger partial charge in [-0.25, -0.2) is 9.78 Å². The number of benzene rings is 2. The van der Waals surface area contributed by atoms with Gasteiger partial charge in [0.15, 0.2) is 5.82 Å². The molecule has 4 rings (SSSR count). The second-order valence-corrected chi connectivity index (χ2v) is 9.71. The molecule has 4 aromatic rings. The number of aromatic nitrogens is 4. The largest absolute Gasteiger partial charge is 0.439 e. The Kier molecular flexibility index (Phi) is 8.13. The van der Waals surface area contributed by atoms with Gasteiger partial charge in [-0.15, -0.1) is 0 Å². The first-order chi connectivity index (χ1) is 17.8. The van der Waals surface area contributed by atoms with Crippen molar-refractivity contribution in [1.82, 2.24) is 24.6 Å². The Morgan fingerprint density at radius 3 is 2.41 bits per heavy atom. The molecule has 0 spiro atoms. The van der Waals surface area contributed by atoms with Gasteiger partial charge in [0.05, 0.1) is 11.5 Å². The molecule has 2 aromatic carbocycles. The predicted octanol–water partition coefficient (Wildman–Crippen LogP) is 4.38. The molecule has 0 saturated heterocycles. The molecule has 0 aliphatic rings. The van der Waals surface area contributed by atoms with Crippen molar-refractivity contribution in [1.29, 1.82) is 0 Å². The van der Waals surface area contributed by atoms with Crippen molar-refractivity contribution in [2.75, 3.05) is 14.1 Å². The zero-order chi connectivity index (χ0) is 26.5. The first kappa shape index (κ1) is 26.2. The fourth-order valence-corrected chi connectivity index (χ4v) is 4.36. The lowest BCUT2D eigenvalue weighted by Gasteiger charge is -2.18. The summed E-state index contributed by atoms with van der Waals surface area (Å²) in [6, 6.07) is 15.7. The van der Waals surface area contributed by atoms with Crippen LogP contribution in [0.5, 0.6) is 0 Å². The van der Waals surface area contributed by atoms with E-state index in [-0.39, 0.29) is 5.56 Å². The summed E-state index contributed by atoms with van der Waals surface area (Å²) in [5, 5.41) is 3.84. The lowest BCUT2D eigenvalue weighted by molar-refractivity contribution is 0.388. The Hall–Kier alpha value is -3.85. The van der Waals surface area contributed by atoms with E-state index in [0.29, 0.717) is 29.3 Å².